The number of aliphatic hydroxyl groups is 1. The van der Waals surface area contributed by atoms with E-state index in [4.69, 9.17) is 5.73 Å². The number of fused-ring (bicyclic) bond motifs is 1. The molecule has 0 spiro atoms. The first-order valence-corrected chi connectivity index (χ1v) is 8.47. The van der Waals surface area contributed by atoms with E-state index in [9.17, 15) is 13.5 Å². The quantitative estimate of drug-likeness (QED) is 0.639. The van der Waals surface area contributed by atoms with E-state index in [-0.39, 0.29) is 11.4 Å². The normalized spacial score (nSPS) is 18.3. The van der Waals surface area contributed by atoms with Gasteiger partial charge in [-0.1, -0.05) is 12.8 Å². The van der Waals surface area contributed by atoms with Crippen molar-refractivity contribution in [3.8, 4) is 0 Å². The van der Waals surface area contributed by atoms with Gasteiger partial charge in [0.05, 0.1) is 5.60 Å². The number of hydrogen-bond donors (Lipinski definition) is 4. The number of nitrogens with one attached hydrogen (secondary N) is 2. The Bertz CT molecular complexity index is 761. The zero-order valence-corrected chi connectivity index (χ0v) is 12.4. The van der Waals surface area contributed by atoms with Gasteiger partial charge in [-0.15, -0.1) is 0 Å². The first-order chi connectivity index (χ1) is 9.90. The minimum absolute atomic E-state index is 0.0460. The third-order valence-corrected chi connectivity index (χ3v) is 5.52. The average Bonchev–Trinajstić information content (AvgIpc) is 3.03. The lowest BCUT2D eigenvalue weighted by atomic mass is 10.0. The van der Waals surface area contributed by atoms with Gasteiger partial charge in [0.1, 0.15) is 4.90 Å². The van der Waals surface area contributed by atoms with Gasteiger partial charge in [0.15, 0.2) is 0 Å². The van der Waals surface area contributed by atoms with E-state index in [0.717, 1.165) is 12.8 Å². The summed E-state index contributed by atoms with van der Waals surface area (Å²) < 4.78 is 27.4. The summed E-state index contributed by atoms with van der Waals surface area (Å²) in [5.74, 6) is 0. The van der Waals surface area contributed by atoms with E-state index in [0.29, 0.717) is 29.4 Å². The van der Waals surface area contributed by atoms with Crippen LogP contribution in [0.5, 0.6) is 0 Å². The van der Waals surface area contributed by atoms with Gasteiger partial charge < -0.3 is 15.8 Å². The van der Waals surface area contributed by atoms with Gasteiger partial charge in [0, 0.05) is 29.3 Å². The third kappa shape index (κ3) is 2.76. The highest BCUT2D eigenvalue weighted by atomic mass is 32.2. The number of nitrogen functional groups attached to an aromatic ring is 1. The topological polar surface area (TPSA) is 108 Å². The molecule has 114 valence electrons. The Kier molecular flexibility index (Phi) is 3.43. The standard InChI is InChI=1S/C14H19N3O3S/c15-10-3-4-12-11(7-10)13(8-16-12)21(19,20)17-9-14(18)5-1-2-6-14/h3-4,7-8,16-18H,1-2,5-6,9,15H2. The Balaban J connectivity index is 1.88. The molecule has 0 radical (unpaired) electrons. The third-order valence-electron chi connectivity index (χ3n) is 4.08. The van der Waals surface area contributed by atoms with Crippen LogP contribution in [0.25, 0.3) is 10.9 Å². The molecule has 1 heterocycles. The van der Waals surface area contributed by atoms with Crippen LogP contribution in [0.2, 0.25) is 0 Å². The van der Waals surface area contributed by atoms with E-state index < -0.39 is 15.6 Å². The number of hydrogen-bond acceptors (Lipinski definition) is 4. The minimum atomic E-state index is -3.68. The number of benzene rings is 1. The van der Waals surface area contributed by atoms with Gasteiger partial charge in [-0.2, -0.15) is 0 Å². The Hall–Kier alpha value is -1.57. The van der Waals surface area contributed by atoms with Crippen LogP contribution in [0.15, 0.2) is 29.3 Å². The maximum atomic E-state index is 12.4. The maximum Gasteiger partial charge on any atom is 0.242 e. The van der Waals surface area contributed by atoms with Crippen molar-refractivity contribution in [2.75, 3.05) is 12.3 Å². The molecule has 5 N–H and O–H groups in total. The van der Waals surface area contributed by atoms with Crippen LogP contribution in [-0.4, -0.2) is 30.7 Å². The average molecular weight is 309 g/mol. The molecule has 1 saturated carbocycles. The zero-order valence-electron chi connectivity index (χ0n) is 11.6. The second-order valence-corrected chi connectivity index (χ2v) is 7.45. The second-order valence-electron chi connectivity index (χ2n) is 5.71. The molecule has 0 unspecified atom stereocenters. The largest absolute Gasteiger partial charge is 0.399 e. The number of nitrogens with two attached hydrogens (primary N) is 1. The fraction of sp³-hybridized carbons (Fsp3) is 0.429. The van der Waals surface area contributed by atoms with Crippen molar-refractivity contribution in [3.05, 3.63) is 24.4 Å². The highest BCUT2D eigenvalue weighted by Crippen LogP contribution is 2.30. The first kappa shape index (κ1) is 14.4. The molecule has 1 aliphatic carbocycles. The van der Waals surface area contributed by atoms with Gasteiger partial charge in [-0.3, -0.25) is 0 Å². The molecule has 1 aromatic heterocycles. The maximum absolute atomic E-state index is 12.4. The summed E-state index contributed by atoms with van der Waals surface area (Å²) in [4.78, 5) is 3.08. The molecule has 0 saturated heterocycles. The van der Waals surface area contributed by atoms with Crippen LogP contribution >= 0.6 is 0 Å². The van der Waals surface area contributed by atoms with Crippen LogP contribution in [0.3, 0.4) is 0 Å². The lowest BCUT2D eigenvalue weighted by Crippen LogP contribution is -2.40. The molecular weight excluding hydrogens is 290 g/mol. The van der Waals surface area contributed by atoms with Gasteiger partial charge in [-0.25, -0.2) is 13.1 Å². The molecule has 21 heavy (non-hydrogen) atoms. The molecule has 3 rings (SSSR count). The molecule has 2 aromatic rings. The number of rotatable bonds is 4. The van der Waals surface area contributed by atoms with Crippen LogP contribution in [0, 0.1) is 0 Å². The molecule has 0 aliphatic heterocycles. The fourth-order valence-electron chi connectivity index (χ4n) is 2.85. The summed E-state index contributed by atoms with van der Waals surface area (Å²) in [7, 11) is -3.68. The van der Waals surface area contributed by atoms with Crippen molar-refractivity contribution in [2.24, 2.45) is 0 Å². The van der Waals surface area contributed by atoms with Gasteiger partial charge in [0.2, 0.25) is 10.0 Å². The number of aromatic nitrogens is 1. The predicted octanol–water partition coefficient (Wildman–Crippen LogP) is 1.33. The lowest BCUT2D eigenvalue weighted by Gasteiger charge is -2.22. The fourth-order valence-corrected chi connectivity index (χ4v) is 4.14. The van der Waals surface area contributed by atoms with Crippen molar-refractivity contribution in [1.29, 1.82) is 0 Å². The number of H-pyrrole nitrogens is 1. The molecule has 1 fully saturated rings. The summed E-state index contributed by atoms with van der Waals surface area (Å²) >= 11 is 0. The highest BCUT2D eigenvalue weighted by Gasteiger charge is 2.33. The number of sulfonamides is 1. The smallest absolute Gasteiger partial charge is 0.242 e. The molecular formula is C14H19N3O3S. The van der Waals surface area contributed by atoms with E-state index in [1.807, 2.05) is 0 Å². The number of anilines is 1. The van der Waals surface area contributed by atoms with E-state index in [1.165, 1.54) is 6.20 Å². The molecule has 0 bridgehead atoms. The van der Waals surface area contributed by atoms with Crippen LogP contribution < -0.4 is 10.5 Å². The van der Waals surface area contributed by atoms with Crippen molar-refractivity contribution >= 4 is 26.6 Å². The molecule has 1 aromatic carbocycles. The highest BCUT2D eigenvalue weighted by molar-refractivity contribution is 7.89. The Morgan fingerprint density at radius 1 is 1.33 bits per heavy atom. The summed E-state index contributed by atoms with van der Waals surface area (Å²) in [5.41, 5.74) is 6.02. The van der Waals surface area contributed by atoms with Crippen molar-refractivity contribution < 1.29 is 13.5 Å². The summed E-state index contributed by atoms with van der Waals surface area (Å²) in [6, 6.07) is 5.09. The molecule has 7 heteroatoms. The zero-order chi connectivity index (χ0) is 15.1. The second kappa shape index (κ2) is 5.01. The Labute approximate surface area is 123 Å². The Morgan fingerprint density at radius 2 is 2.05 bits per heavy atom. The van der Waals surface area contributed by atoms with Crippen molar-refractivity contribution in [3.63, 3.8) is 0 Å². The van der Waals surface area contributed by atoms with E-state index in [2.05, 4.69) is 9.71 Å². The number of aromatic amines is 1. The van der Waals surface area contributed by atoms with Gasteiger partial charge in [-0.05, 0) is 31.0 Å². The van der Waals surface area contributed by atoms with Crippen LogP contribution in [0.1, 0.15) is 25.7 Å². The van der Waals surface area contributed by atoms with Crippen molar-refractivity contribution in [2.45, 2.75) is 36.2 Å². The van der Waals surface area contributed by atoms with Gasteiger partial charge >= 0.3 is 0 Å². The summed E-state index contributed by atoms with van der Waals surface area (Å²) in [6.45, 7) is 0.0460. The summed E-state index contributed by atoms with van der Waals surface area (Å²) in [6.07, 6.45) is 4.58. The Morgan fingerprint density at radius 3 is 2.76 bits per heavy atom. The molecule has 6 nitrogen and oxygen atoms in total. The van der Waals surface area contributed by atoms with Gasteiger partial charge in [0.25, 0.3) is 0 Å². The van der Waals surface area contributed by atoms with Crippen molar-refractivity contribution in [1.82, 2.24) is 9.71 Å². The SMILES string of the molecule is Nc1ccc2[nH]cc(S(=O)(=O)NCC3(O)CCCC3)c2c1. The molecule has 1 aliphatic rings. The molecule has 0 amide bonds. The van der Waals surface area contributed by atoms with E-state index >= 15 is 0 Å². The first-order valence-electron chi connectivity index (χ1n) is 6.98. The van der Waals surface area contributed by atoms with E-state index in [1.54, 1.807) is 18.2 Å². The molecule has 0 atom stereocenters. The lowest BCUT2D eigenvalue weighted by molar-refractivity contribution is 0.0532. The predicted molar refractivity (Wildman–Crippen MR) is 81.3 cm³/mol. The summed E-state index contributed by atoms with van der Waals surface area (Å²) in [5, 5.41) is 10.8. The minimum Gasteiger partial charge on any atom is -0.399 e. The van der Waals surface area contributed by atoms with Crippen LogP contribution in [-0.2, 0) is 10.0 Å². The van der Waals surface area contributed by atoms with Crippen LogP contribution in [0.4, 0.5) is 5.69 Å². The monoisotopic (exact) mass is 309 g/mol.